The van der Waals surface area contributed by atoms with Crippen molar-refractivity contribution in [2.75, 3.05) is 24.5 Å². The van der Waals surface area contributed by atoms with Crippen LogP contribution in [0, 0.1) is 12.8 Å². The van der Waals surface area contributed by atoms with Gasteiger partial charge in [-0.1, -0.05) is 13.8 Å². The highest BCUT2D eigenvalue weighted by Gasteiger charge is 2.25. The Kier molecular flexibility index (Phi) is 5.22. The lowest BCUT2D eigenvalue weighted by atomic mass is 10.2. The molecule has 3 nitrogen and oxygen atoms in total. The van der Waals surface area contributed by atoms with E-state index in [4.69, 9.17) is 4.98 Å². The molecule has 106 valence electrons. The molecule has 1 aliphatic rings. The summed E-state index contributed by atoms with van der Waals surface area (Å²) < 4.78 is 1.09. The van der Waals surface area contributed by atoms with Crippen molar-refractivity contribution in [1.82, 2.24) is 10.3 Å². The number of hydrogen-bond acceptors (Lipinski definition) is 3. The van der Waals surface area contributed by atoms with Crippen molar-refractivity contribution < 1.29 is 0 Å². The zero-order chi connectivity index (χ0) is 13.8. The summed E-state index contributed by atoms with van der Waals surface area (Å²) in [6.45, 7) is 9.84. The molecule has 0 radical (unpaired) electrons. The van der Waals surface area contributed by atoms with Crippen LogP contribution >= 0.6 is 15.9 Å². The standard InChI is InChI=1S/C15H24BrN3/c1-11(2)9-17-10-13-5-4-8-19(13)15-7-6-14(16)12(3)18-15/h6-7,11,13,17H,4-5,8-10H2,1-3H3. The van der Waals surface area contributed by atoms with Crippen molar-refractivity contribution >= 4 is 21.7 Å². The summed E-state index contributed by atoms with van der Waals surface area (Å²) in [7, 11) is 0. The molecule has 1 N–H and O–H groups in total. The Labute approximate surface area is 124 Å². The molecule has 0 spiro atoms. The van der Waals surface area contributed by atoms with Gasteiger partial charge in [-0.25, -0.2) is 4.98 Å². The Morgan fingerprint density at radius 1 is 1.47 bits per heavy atom. The molecular weight excluding hydrogens is 302 g/mol. The van der Waals surface area contributed by atoms with Gasteiger partial charge in [0.15, 0.2) is 0 Å². The Morgan fingerprint density at radius 3 is 2.95 bits per heavy atom. The molecule has 2 heterocycles. The maximum absolute atomic E-state index is 4.70. The van der Waals surface area contributed by atoms with Gasteiger partial charge in [-0.3, -0.25) is 0 Å². The molecule has 1 aliphatic heterocycles. The number of nitrogens with one attached hydrogen (secondary N) is 1. The van der Waals surface area contributed by atoms with Gasteiger partial charge in [-0.15, -0.1) is 0 Å². The molecule has 1 saturated heterocycles. The number of halogens is 1. The molecule has 0 bridgehead atoms. The van der Waals surface area contributed by atoms with Gasteiger partial charge >= 0.3 is 0 Å². The van der Waals surface area contributed by atoms with Crippen molar-refractivity contribution in [2.45, 2.75) is 39.7 Å². The van der Waals surface area contributed by atoms with Crippen molar-refractivity contribution in [3.63, 3.8) is 0 Å². The van der Waals surface area contributed by atoms with E-state index in [1.54, 1.807) is 0 Å². The van der Waals surface area contributed by atoms with Crippen LogP contribution in [-0.2, 0) is 0 Å². The summed E-state index contributed by atoms with van der Waals surface area (Å²) in [6, 6.07) is 4.82. The molecule has 0 aliphatic carbocycles. The topological polar surface area (TPSA) is 28.2 Å². The number of anilines is 1. The summed E-state index contributed by atoms with van der Waals surface area (Å²) in [5.74, 6) is 1.83. The van der Waals surface area contributed by atoms with Crippen LogP contribution in [0.25, 0.3) is 0 Å². The van der Waals surface area contributed by atoms with Crippen molar-refractivity contribution in [1.29, 1.82) is 0 Å². The SMILES string of the molecule is Cc1nc(N2CCCC2CNCC(C)C)ccc1Br. The third kappa shape index (κ3) is 3.93. The average Bonchev–Trinajstić information content (AvgIpc) is 2.80. The van der Waals surface area contributed by atoms with E-state index >= 15 is 0 Å². The van der Waals surface area contributed by atoms with Gasteiger partial charge in [0, 0.05) is 23.6 Å². The first-order chi connectivity index (χ1) is 9.08. The van der Waals surface area contributed by atoms with Crippen molar-refractivity contribution in [3.8, 4) is 0 Å². The van der Waals surface area contributed by atoms with E-state index in [1.165, 1.54) is 12.8 Å². The van der Waals surface area contributed by atoms with Crippen LogP contribution in [0.4, 0.5) is 5.82 Å². The predicted octanol–water partition coefficient (Wildman–Crippen LogP) is 3.37. The minimum atomic E-state index is 0.590. The summed E-state index contributed by atoms with van der Waals surface area (Å²) in [6.07, 6.45) is 2.53. The number of hydrogen-bond donors (Lipinski definition) is 1. The summed E-state index contributed by atoms with van der Waals surface area (Å²) >= 11 is 3.52. The maximum Gasteiger partial charge on any atom is 0.129 e. The van der Waals surface area contributed by atoms with E-state index in [1.807, 2.05) is 0 Å². The molecule has 1 aromatic rings. The van der Waals surface area contributed by atoms with Crippen molar-refractivity contribution in [3.05, 3.63) is 22.3 Å². The molecule has 0 saturated carbocycles. The first-order valence-corrected chi connectivity index (χ1v) is 7.97. The van der Waals surface area contributed by atoms with Gasteiger partial charge in [-0.2, -0.15) is 0 Å². The Balaban J connectivity index is 1.99. The van der Waals surface area contributed by atoms with Crippen LogP contribution in [0.15, 0.2) is 16.6 Å². The molecular formula is C15H24BrN3. The van der Waals surface area contributed by atoms with E-state index < -0.39 is 0 Å². The lowest BCUT2D eigenvalue weighted by molar-refractivity contribution is 0.511. The molecule has 0 amide bonds. The number of pyridine rings is 1. The second-order valence-electron chi connectivity index (χ2n) is 5.78. The van der Waals surface area contributed by atoms with Crippen LogP contribution in [-0.4, -0.2) is 30.7 Å². The number of aromatic nitrogens is 1. The second kappa shape index (κ2) is 6.71. The zero-order valence-corrected chi connectivity index (χ0v) is 13.7. The predicted molar refractivity (Wildman–Crippen MR) is 84.7 cm³/mol. The van der Waals surface area contributed by atoms with E-state index in [-0.39, 0.29) is 0 Å². The highest BCUT2D eigenvalue weighted by Crippen LogP contribution is 2.26. The third-order valence-corrected chi connectivity index (χ3v) is 4.45. The average molecular weight is 326 g/mol. The molecule has 1 fully saturated rings. The minimum absolute atomic E-state index is 0.590. The van der Waals surface area contributed by atoms with Crippen LogP contribution in [0.5, 0.6) is 0 Å². The Hall–Kier alpha value is -0.610. The summed E-state index contributed by atoms with van der Waals surface area (Å²) in [5, 5.41) is 3.57. The van der Waals surface area contributed by atoms with Crippen LogP contribution in [0.2, 0.25) is 0 Å². The van der Waals surface area contributed by atoms with E-state index in [2.05, 4.69) is 59.1 Å². The molecule has 2 rings (SSSR count). The largest absolute Gasteiger partial charge is 0.352 e. The van der Waals surface area contributed by atoms with Gasteiger partial charge in [0.1, 0.15) is 5.82 Å². The Morgan fingerprint density at radius 2 is 2.26 bits per heavy atom. The van der Waals surface area contributed by atoms with E-state index in [0.29, 0.717) is 12.0 Å². The summed E-state index contributed by atoms with van der Waals surface area (Å²) in [5.41, 5.74) is 1.07. The van der Waals surface area contributed by atoms with E-state index in [9.17, 15) is 0 Å². The first kappa shape index (κ1) is 14.8. The van der Waals surface area contributed by atoms with Gasteiger partial charge in [0.05, 0.1) is 5.69 Å². The molecule has 4 heteroatoms. The van der Waals surface area contributed by atoms with Crippen LogP contribution in [0.1, 0.15) is 32.4 Å². The van der Waals surface area contributed by atoms with Gasteiger partial charge < -0.3 is 10.2 Å². The number of aryl methyl sites for hydroxylation is 1. The summed E-state index contributed by atoms with van der Waals surface area (Å²) in [4.78, 5) is 7.15. The maximum atomic E-state index is 4.70. The monoisotopic (exact) mass is 325 g/mol. The molecule has 1 atom stereocenters. The molecule has 19 heavy (non-hydrogen) atoms. The second-order valence-corrected chi connectivity index (χ2v) is 6.63. The molecule has 1 unspecified atom stereocenters. The fourth-order valence-corrected chi connectivity index (χ4v) is 2.80. The highest BCUT2D eigenvalue weighted by molar-refractivity contribution is 9.10. The van der Waals surface area contributed by atoms with Gasteiger partial charge in [0.25, 0.3) is 0 Å². The van der Waals surface area contributed by atoms with Crippen LogP contribution < -0.4 is 10.2 Å². The number of nitrogens with zero attached hydrogens (tertiary/aromatic N) is 2. The van der Waals surface area contributed by atoms with E-state index in [0.717, 1.165) is 35.6 Å². The third-order valence-electron chi connectivity index (χ3n) is 3.61. The number of rotatable bonds is 5. The molecule has 0 aromatic carbocycles. The first-order valence-electron chi connectivity index (χ1n) is 7.18. The Bertz CT molecular complexity index is 420. The van der Waals surface area contributed by atoms with Crippen molar-refractivity contribution in [2.24, 2.45) is 5.92 Å². The lowest BCUT2D eigenvalue weighted by Crippen LogP contribution is -2.39. The lowest BCUT2D eigenvalue weighted by Gasteiger charge is -2.26. The fraction of sp³-hybridized carbons (Fsp3) is 0.667. The molecule has 1 aromatic heterocycles. The zero-order valence-electron chi connectivity index (χ0n) is 12.1. The fourth-order valence-electron chi connectivity index (χ4n) is 2.58. The smallest absolute Gasteiger partial charge is 0.129 e. The quantitative estimate of drug-likeness (QED) is 0.899. The minimum Gasteiger partial charge on any atom is -0.352 e. The van der Waals surface area contributed by atoms with Gasteiger partial charge in [0.2, 0.25) is 0 Å². The highest BCUT2D eigenvalue weighted by atomic mass is 79.9. The van der Waals surface area contributed by atoms with Crippen LogP contribution in [0.3, 0.4) is 0 Å². The van der Waals surface area contributed by atoms with Gasteiger partial charge in [-0.05, 0) is 60.3 Å². The normalized spacial score (nSPS) is 19.4.